The van der Waals surface area contributed by atoms with Gasteiger partial charge in [0.05, 0.1) is 0 Å². The molecule has 86 valence electrons. The first kappa shape index (κ1) is 13.8. The zero-order valence-electron chi connectivity index (χ0n) is 9.44. The Kier molecular flexibility index (Phi) is 12.7. The molecule has 0 aromatic rings. The fraction of sp³-hybridized carbons (Fsp3) is 1.00. The van der Waals surface area contributed by atoms with Gasteiger partial charge in [-0.3, -0.25) is 5.84 Å². The Morgan fingerprint density at radius 3 is 2.00 bits per heavy atom. The highest BCUT2D eigenvalue weighted by Crippen LogP contribution is 2.07. The molecular weight excluding hydrogens is 176 g/mol. The highest BCUT2D eigenvalue weighted by molar-refractivity contribution is 4.46. The number of nitrogens with two attached hydrogens (primary N) is 1. The van der Waals surface area contributed by atoms with Crippen LogP contribution in [0.1, 0.15) is 58.3 Å². The number of hydrogen-bond donors (Lipinski definition) is 4. The average Bonchev–Trinajstić information content (AvgIpc) is 2.21. The standard InChI is InChI=1S/C10H26N4/c1-2-3-4-5-6-7-8-9-10-12-14-13-11/h12-14H,2-11H2,1H3. The first-order valence-electron chi connectivity index (χ1n) is 5.85. The van der Waals surface area contributed by atoms with Gasteiger partial charge in [-0.25, -0.2) is 5.43 Å². The molecule has 4 nitrogen and oxygen atoms in total. The normalized spacial score (nSPS) is 10.7. The Balaban J connectivity index is 2.78. The second kappa shape index (κ2) is 12.8. The van der Waals surface area contributed by atoms with Crippen molar-refractivity contribution in [3.8, 4) is 0 Å². The third-order valence-electron chi connectivity index (χ3n) is 2.32. The minimum absolute atomic E-state index is 0.971. The summed E-state index contributed by atoms with van der Waals surface area (Å²) in [4.78, 5) is 0. The zero-order valence-corrected chi connectivity index (χ0v) is 9.44. The van der Waals surface area contributed by atoms with Crippen LogP contribution in [-0.2, 0) is 0 Å². The molecule has 0 rings (SSSR count). The molecule has 0 saturated heterocycles. The van der Waals surface area contributed by atoms with Crippen LogP contribution in [-0.4, -0.2) is 6.54 Å². The first-order valence-corrected chi connectivity index (χ1v) is 5.85. The number of nitrogens with one attached hydrogen (secondary N) is 3. The summed E-state index contributed by atoms with van der Waals surface area (Å²) in [5, 5.41) is 0. The van der Waals surface area contributed by atoms with Gasteiger partial charge in [0, 0.05) is 6.54 Å². The van der Waals surface area contributed by atoms with Crippen LogP contribution in [0.4, 0.5) is 0 Å². The van der Waals surface area contributed by atoms with Crippen LogP contribution in [0.15, 0.2) is 0 Å². The molecule has 5 N–H and O–H groups in total. The van der Waals surface area contributed by atoms with Gasteiger partial charge in [0.1, 0.15) is 0 Å². The topological polar surface area (TPSA) is 62.1 Å². The number of hydrazine groups is 3. The first-order chi connectivity index (χ1) is 6.91. The van der Waals surface area contributed by atoms with Crippen molar-refractivity contribution in [2.75, 3.05) is 6.54 Å². The lowest BCUT2D eigenvalue weighted by Crippen LogP contribution is -2.47. The zero-order chi connectivity index (χ0) is 10.5. The van der Waals surface area contributed by atoms with E-state index in [2.05, 4.69) is 23.4 Å². The van der Waals surface area contributed by atoms with Crippen LogP contribution in [0.5, 0.6) is 0 Å². The molecule has 0 unspecified atom stereocenters. The van der Waals surface area contributed by atoms with Gasteiger partial charge in [0.25, 0.3) is 0 Å². The lowest BCUT2D eigenvalue weighted by molar-refractivity contribution is 0.431. The van der Waals surface area contributed by atoms with Crippen LogP contribution in [0.3, 0.4) is 0 Å². The third-order valence-corrected chi connectivity index (χ3v) is 2.32. The van der Waals surface area contributed by atoms with Crippen LogP contribution < -0.4 is 22.3 Å². The molecule has 0 atom stereocenters. The molecular formula is C10H26N4. The van der Waals surface area contributed by atoms with Gasteiger partial charge in [-0.15, -0.1) is 0 Å². The van der Waals surface area contributed by atoms with E-state index in [9.17, 15) is 0 Å². The monoisotopic (exact) mass is 202 g/mol. The van der Waals surface area contributed by atoms with Gasteiger partial charge in [-0.1, -0.05) is 51.9 Å². The largest absolute Gasteiger partial charge is 0.257 e. The van der Waals surface area contributed by atoms with Gasteiger partial charge in [0.15, 0.2) is 0 Å². The summed E-state index contributed by atoms with van der Waals surface area (Å²) >= 11 is 0. The second-order valence-corrected chi connectivity index (χ2v) is 3.67. The van der Waals surface area contributed by atoms with Crippen molar-refractivity contribution < 1.29 is 0 Å². The molecule has 0 aliphatic rings. The molecule has 0 fully saturated rings. The number of rotatable bonds is 11. The highest BCUT2D eigenvalue weighted by Gasteiger charge is 1.90. The molecule has 0 aromatic heterocycles. The van der Waals surface area contributed by atoms with Crippen LogP contribution in [0, 0.1) is 0 Å². The second-order valence-electron chi connectivity index (χ2n) is 3.67. The molecule has 0 aromatic carbocycles. The van der Waals surface area contributed by atoms with Crippen molar-refractivity contribution in [3.63, 3.8) is 0 Å². The molecule has 0 heterocycles. The van der Waals surface area contributed by atoms with E-state index in [1.165, 1.54) is 51.4 Å². The van der Waals surface area contributed by atoms with E-state index in [0.29, 0.717) is 0 Å². The number of unbranched alkanes of at least 4 members (excludes halogenated alkanes) is 7. The van der Waals surface area contributed by atoms with E-state index in [1.807, 2.05) is 0 Å². The highest BCUT2D eigenvalue weighted by atomic mass is 15.7. The van der Waals surface area contributed by atoms with Gasteiger partial charge in [0.2, 0.25) is 0 Å². The SMILES string of the molecule is CCCCCCCCCCNNNN. The van der Waals surface area contributed by atoms with E-state index >= 15 is 0 Å². The van der Waals surface area contributed by atoms with Crippen LogP contribution in [0.25, 0.3) is 0 Å². The van der Waals surface area contributed by atoms with E-state index in [1.54, 1.807) is 0 Å². The van der Waals surface area contributed by atoms with Crippen molar-refractivity contribution in [3.05, 3.63) is 0 Å². The summed E-state index contributed by atoms with van der Waals surface area (Å²) in [5.41, 5.74) is 7.94. The molecule has 0 spiro atoms. The summed E-state index contributed by atoms with van der Waals surface area (Å²) in [7, 11) is 0. The maximum atomic E-state index is 5.01. The van der Waals surface area contributed by atoms with E-state index in [4.69, 9.17) is 5.84 Å². The minimum Gasteiger partial charge on any atom is -0.257 e. The van der Waals surface area contributed by atoms with Crippen molar-refractivity contribution in [2.24, 2.45) is 5.84 Å². The van der Waals surface area contributed by atoms with Gasteiger partial charge in [-0.2, -0.15) is 11.1 Å². The molecule has 0 amide bonds. The Morgan fingerprint density at radius 2 is 1.43 bits per heavy atom. The van der Waals surface area contributed by atoms with Gasteiger partial charge < -0.3 is 0 Å². The molecule has 0 bridgehead atoms. The summed E-state index contributed by atoms with van der Waals surface area (Å²) in [6, 6.07) is 0. The summed E-state index contributed by atoms with van der Waals surface area (Å²) in [6.45, 7) is 3.23. The van der Waals surface area contributed by atoms with Gasteiger partial charge in [-0.05, 0) is 6.42 Å². The quantitative estimate of drug-likeness (QED) is 0.233. The summed E-state index contributed by atoms with van der Waals surface area (Å²) < 4.78 is 0. The molecule has 0 aliphatic carbocycles. The van der Waals surface area contributed by atoms with E-state index in [-0.39, 0.29) is 0 Å². The molecule has 4 heteroatoms. The fourth-order valence-corrected chi connectivity index (χ4v) is 1.46. The van der Waals surface area contributed by atoms with Crippen molar-refractivity contribution in [1.29, 1.82) is 0 Å². The smallest absolute Gasteiger partial charge is 0.0113 e. The maximum Gasteiger partial charge on any atom is 0.0113 e. The summed E-state index contributed by atoms with van der Waals surface area (Å²) in [5.74, 6) is 5.01. The fourth-order valence-electron chi connectivity index (χ4n) is 1.46. The van der Waals surface area contributed by atoms with Crippen molar-refractivity contribution in [2.45, 2.75) is 58.3 Å². The molecule has 14 heavy (non-hydrogen) atoms. The molecule has 0 aliphatic heterocycles. The Hall–Kier alpha value is -0.160. The van der Waals surface area contributed by atoms with Crippen molar-refractivity contribution in [1.82, 2.24) is 16.5 Å². The molecule has 0 radical (unpaired) electrons. The predicted octanol–water partition coefficient (Wildman–Crippen LogP) is 1.60. The molecule has 0 saturated carbocycles. The van der Waals surface area contributed by atoms with Crippen molar-refractivity contribution >= 4 is 0 Å². The predicted molar refractivity (Wildman–Crippen MR) is 61.1 cm³/mol. The maximum absolute atomic E-state index is 5.01. The number of hydrogen-bond acceptors (Lipinski definition) is 4. The van der Waals surface area contributed by atoms with Gasteiger partial charge >= 0.3 is 0 Å². The lowest BCUT2D eigenvalue weighted by atomic mass is 10.1. The Bertz CT molecular complexity index is 86.1. The van der Waals surface area contributed by atoms with Crippen LogP contribution in [0.2, 0.25) is 0 Å². The third kappa shape index (κ3) is 11.8. The Morgan fingerprint density at radius 1 is 0.857 bits per heavy atom. The Labute approximate surface area is 87.9 Å². The lowest BCUT2D eigenvalue weighted by Gasteiger charge is -2.04. The minimum atomic E-state index is 0.971. The van der Waals surface area contributed by atoms with Crippen LogP contribution >= 0.6 is 0 Å². The van der Waals surface area contributed by atoms with E-state index < -0.39 is 0 Å². The average molecular weight is 202 g/mol. The summed E-state index contributed by atoms with van der Waals surface area (Å²) in [6.07, 6.45) is 10.8. The van der Waals surface area contributed by atoms with E-state index in [0.717, 1.165) is 6.54 Å².